The summed E-state index contributed by atoms with van der Waals surface area (Å²) in [6, 6.07) is 16.4. The van der Waals surface area contributed by atoms with Crippen LogP contribution in [0.15, 0.2) is 48.7 Å². The molecule has 0 radical (unpaired) electrons. The molecule has 1 atom stereocenters. The number of benzene rings is 1. The first-order chi connectivity index (χ1) is 17.2. The van der Waals surface area contributed by atoms with Gasteiger partial charge in [0, 0.05) is 18.2 Å². The summed E-state index contributed by atoms with van der Waals surface area (Å²) in [5, 5.41) is 12.3. The van der Waals surface area contributed by atoms with Gasteiger partial charge in [-0.2, -0.15) is 5.26 Å². The van der Waals surface area contributed by atoms with Gasteiger partial charge in [-0.15, -0.1) is 0 Å². The minimum absolute atomic E-state index is 0.227. The minimum atomic E-state index is 0.227. The van der Waals surface area contributed by atoms with Gasteiger partial charge in [-0.25, -0.2) is 15.0 Å². The van der Waals surface area contributed by atoms with Crippen LogP contribution in [0.3, 0.4) is 0 Å². The van der Waals surface area contributed by atoms with Gasteiger partial charge in [-0.3, -0.25) is 4.90 Å². The van der Waals surface area contributed by atoms with Crippen molar-refractivity contribution in [2.24, 2.45) is 0 Å². The largest absolute Gasteiger partial charge is 0.490 e. The van der Waals surface area contributed by atoms with Gasteiger partial charge in [0.1, 0.15) is 29.2 Å². The molecule has 7 nitrogen and oxygen atoms in total. The first kappa shape index (κ1) is 23.3. The molecule has 0 bridgehead atoms. The van der Waals surface area contributed by atoms with E-state index in [0.717, 1.165) is 61.1 Å². The van der Waals surface area contributed by atoms with Crippen LogP contribution in [0, 0.1) is 18.3 Å². The summed E-state index contributed by atoms with van der Waals surface area (Å²) < 4.78 is 6.42. The van der Waals surface area contributed by atoms with Crippen molar-refractivity contribution < 1.29 is 4.74 Å². The number of nitrogens with one attached hydrogen (secondary N) is 1. The number of likely N-dealkylation sites (tertiary alicyclic amines) is 1. The number of hydrogen-bond acceptors (Lipinski definition) is 7. The molecule has 1 N–H and O–H groups in total. The summed E-state index contributed by atoms with van der Waals surface area (Å²) in [5.41, 5.74) is 3.48. The zero-order valence-corrected chi connectivity index (χ0v) is 20.3. The Kier molecular flexibility index (Phi) is 7.20. The van der Waals surface area contributed by atoms with E-state index < -0.39 is 0 Å². The van der Waals surface area contributed by atoms with E-state index >= 15 is 0 Å². The lowest BCUT2D eigenvalue weighted by Gasteiger charge is -2.36. The fourth-order valence-electron chi connectivity index (χ4n) is 5.18. The van der Waals surface area contributed by atoms with Gasteiger partial charge < -0.3 is 10.1 Å². The summed E-state index contributed by atoms with van der Waals surface area (Å²) >= 11 is 0. The topological polar surface area (TPSA) is 87.0 Å². The maximum Gasteiger partial charge on any atom is 0.140 e. The lowest BCUT2D eigenvalue weighted by atomic mass is 9.98. The molecule has 2 aliphatic rings. The van der Waals surface area contributed by atoms with Crippen molar-refractivity contribution in [3.8, 4) is 11.8 Å². The normalized spacial score (nSPS) is 18.8. The van der Waals surface area contributed by atoms with Crippen LogP contribution in [0.5, 0.6) is 5.75 Å². The Balaban J connectivity index is 1.35. The lowest BCUT2D eigenvalue weighted by Crippen LogP contribution is -2.34. The van der Waals surface area contributed by atoms with Gasteiger partial charge in [0.2, 0.25) is 0 Å². The van der Waals surface area contributed by atoms with Crippen molar-refractivity contribution in [1.82, 2.24) is 19.9 Å². The van der Waals surface area contributed by atoms with Gasteiger partial charge in [0.25, 0.3) is 0 Å². The van der Waals surface area contributed by atoms with Crippen molar-refractivity contribution in [3.05, 3.63) is 71.4 Å². The first-order valence-corrected chi connectivity index (χ1v) is 12.7. The van der Waals surface area contributed by atoms with Crippen molar-refractivity contribution in [1.29, 1.82) is 5.26 Å². The molecule has 7 heteroatoms. The van der Waals surface area contributed by atoms with E-state index in [4.69, 9.17) is 15.0 Å². The van der Waals surface area contributed by atoms with Crippen LogP contribution in [0.4, 0.5) is 11.5 Å². The van der Waals surface area contributed by atoms with Crippen LogP contribution in [0.1, 0.15) is 73.8 Å². The molecular weight excluding hydrogens is 436 g/mol. The number of aromatic nitrogens is 3. The second kappa shape index (κ2) is 10.8. The highest BCUT2D eigenvalue weighted by atomic mass is 16.5. The van der Waals surface area contributed by atoms with Crippen LogP contribution < -0.4 is 10.1 Å². The summed E-state index contributed by atoms with van der Waals surface area (Å²) in [5.74, 6) is 2.51. The highest BCUT2D eigenvalue weighted by Gasteiger charge is 2.27. The Labute approximate surface area is 207 Å². The van der Waals surface area contributed by atoms with Crippen LogP contribution in [0.25, 0.3) is 0 Å². The van der Waals surface area contributed by atoms with E-state index in [-0.39, 0.29) is 6.04 Å². The Morgan fingerprint density at radius 3 is 2.69 bits per heavy atom. The second-order valence-electron chi connectivity index (χ2n) is 9.51. The molecule has 0 spiro atoms. The molecule has 2 fully saturated rings. The first-order valence-electron chi connectivity index (χ1n) is 12.7. The molecule has 1 aromatic carbocycles. The zero-order chi connectivity index (χ0) is 24.0. The van der Waals surface area contributed by atoms with Gasteiger partial charge >= 0.3 is 0 Å². The summed E-state index contributed by atoms with van der Waals surface area (Å²) in [6.07, 6.45) is 10.3. The molecule has 1 saturated carbocycles. The predicted octanol–water partition coefficient (Wildman–Crippen LogP) is 5.84. The highest BCUT2D eigenvalue weighted by Crippen LogP contribution is 2.35. The number of hydrogen-bond donors (Lipinski definition) is 1. The average Bonchev–Trinajstić information content (AvgIpc) is 3.39. The van der Waals surface area contributed by atoms with E-state index in [0.29, 0.717) is 11.8 Å². The minimum Gasteiger partial charge on any atom is -0.490 e. The van der Waals surface area contributed by atoms with Gasteiger partial charge in [0.15, 0.2) is 0 Å². The predicted molar refractivity (Wildman–Crippen MR) is 135 cm³/mol. The standard InChI is InChI=1S/C28H32N6O/c1-20-31-25(16-28(32-20)33-23-14-13-22(17-29)30-18-23)26-11-6-7-15-34(26)19-21-8-2-5-12-27(21)35-24-9-3-4-10-24/h2,5,8,12-14,16,18,24,26H,3-4,6-7,9-11,15,19H2,1H3,(H,31,32,33). The van der Waals surface area contributed by atoms with Crippen molar-refractivity contribution in [2.75, 3.05) is 11.9 Å². The summed E-state index contributed by atoms with van der Waals surface area (Å²) in [6.45, 7) is 3.82. The summed E-state index contributed by atoms with van der Waals surface area (Å²) in [7, 11) is 0. The number of aryl methyl sites for hydroxylation is 1. The van der Waals surface area contributed by atoms with Crippen LogP contribution in [-0.2, 0) is 6.54 Å². The third-order valence-corrected chi connectivity index (χ3v) is 6.91. The molecule has 180 valence electrons. The SMILES string of the molecule is Cc1nc(Nc2ccc(C#N)nc2)cc(C2CCCCN2Cc2ccccc2OC2CCCC2)n1. The molecule has 3 heterocycles. The number of ether oxygens (including phenoxy) is 1. The maximum atomic E-state index is 8.99. The Bertz CT molecular complexity index is 1180. The van der Waals surface area contributed by atoms with E-state index in [1.807, 2.05) is 19.1 Å². The fraction of sp³-hybridized carbons (Fsp3) is 0.429. The Hall–Kier alpha value is -3.50. The Morgan fingerprint density at radius 2 is 1.89 bits per heavy atom. The third kappa shape index (κ3) is 5.77. The molecule has 1 saturated heterocycles. The van der Waals surface area contributed by atoms with Crippen LogP contribution in [0.2, 0.25) is 0 Å². The monoisotopic (exact) mass is 468 g/mol. The van der Waals surface area contributed by atoms with E-state index in [1.54, 1.807) is 12.3 Å². The van der Waals surface area contributed by atoms with Crippen molar-refractivity contribution >= 4 is 11.5 Å². The molecule has 5 rings (SSSR count). The van der Waals surface area contributed by atoms with E-state index in [2.05, 4.69) is 50.5 Å². The van der Waals surface area contributed by atoms with E-state index in [1.165, 1.54) is 31.2 Å². The average molecular weight is 469 g/mol. The molecule has 1 aliphatic heterocycles. The van der Waals surface area contributed by atoms with Crippen LogP contribution >= 0.6 is 0 Å². The van der Waals surface area contributed by atoms with Gasteiger partial charge in [0.05, 0.1) is 29.7 Å². The molecular formula is C28H32N6O. The molecule has 3 aromatic rings. The quantitative estimate of drug-likeness (QED) is 0.466. The zero-order valence-electron chi connectivity index (χ0n) is 20.3. The van der Waals surface area contributed by atoms with E-state index in [9.17, 15) is 0 Å². The number of nitriles is 1. The lowest BCUT2D eigenvalue weighted by molar-refractivity contribution is 0.133. The number of para-hydroxylation sites is 1. The molecule has 1 aliphatic carbocycles. The van der Waals surface area contributed by atoms with Gasteiger partial charge in [-0.05, 0) is 70.2 Å². The van der Waals surface area contributed by atoms with Crippen LogP contribution in [-0.4, -0.2) is 32.5 Å². The molecule has 1 unspecified atom stereocenters. The molecule has 2 aromatic heterocycles. The number of rotatable bonds is 7. The molecule has 0 amide bonds. The maximum absolute atomic E-state index is 8.99. The number of nitrogens with zero attached hydrogens (tertiary/aromatic N) is 5. The number of piperidine rings is 1. The molecule has 35 heavy (non-hydrogen) atoms. The summed E-state index contributed by atoms with van der Waals surface area (Å²) in [4.78, 5) is 16.1. The Morgan fingerprint density at radius 1 is 1.06 bits per heavy atom. The van der Waals surface area contributed by atoms with Gasteiger partial charge in [-0.1, -0.05) is 24.6 Å². The third-order valence-electron chi connectivity index (χ3n) is 6.91. The number of pyridine rings is 1. The number of anilines is 2. The van der Waals surface area contributed by atoms with Crippen molar-refractivity contribution in [2.45, 2.75) is 70.6 Å². The second-order valence-corrected chi connectivity index (χ2v) is 9.51. The smallest absolute Gasteiger partial charge is 0.140 e. The fourth-order valence-corrected chi connectivity index (χ4v) is 5.18. The van der Waals surface area contributed by atoms with Crippen molar-refractivity contribution in [3.63, 3.8) is 0 Å². The highest BCUT2D eigenvalue weighted by molar-refractivity contribution is 5.55.